The summed E-state index contributed by atoms with van der Waals surface area (Å²) >= 11 is 0. The highest BCUT2D eigenvalue weighted by Crippen LogP contribution is 2.18. The van der Waals surface area contributed by atoms with Gasteiger partial charge in [-0.05, 0) is 12.1 Å². The zero-order chi connectivity index (χ0) is 13.1. The van der Waals surface area contributed by atoms with Crippen LogP contribution in [-0.4, -0.2) is 22.9 Å². The number of hydrogen-bond donors (Lipinski definition) is 1. The lowest BCUT2D eigenvalue weighted by molar-refractivity contribution is 0.0987. The Balaban J connectivity index is 2.29. The fourth-order valence-electron chi connectivity index (χ4n) is 1.45. The van der Waals surface area contributed by atoms with Crippen molar-refractivity contribution >= 4 is 17.4 Å². The fourth-order valence-corrected chi connectivity index (χ4v) is 1.45. The van der Waals surface area contributed by atoms with Crippen molar-refractivity contribution in [3.8, 4) is 0 Å². The number of anilines is 2. The minimum Gasteiger partial charge on any atom is -0.382 e. The van der Waals surface area contributed by atoms with Gasteiger partial charge in [0.15, 0.2) is 0 Å². The monoisotopic (exact) mass is 246 g/mol. The third kappa shape index (κ3) is 2.27. The second-order valence-corrected chi connectivity index (χ2v) is 3.64. The maximum Gasteiger partial charge on any atom is 0.278 e. The normalized spacial score (nSPS) is 10.1. The first-order valence-corrected chi connectivity index (χ1v) is 5.19. The van der Waals surface area contributed by atoms with Crippen LogP contribution in [0.3, 0.4) is 0 Å². The van der Waals surface area contributed by atoms with E-state index < -0.39 is 11.7 Å². The number of rotatable bonds is 2. The first kappa shape index (κ1) is 12.0. The van der Waals surface area contributed by atoms with E-state index in [1.165, 1.54) is 36.5 Å². The second-order valence-electron chi connectivity index (χ2n) is 3.64. The summed E-state index contributed by atoms with van der Waals surface area (Å²) in [7, 11) is 1.47. The average molecular weight is 246 g/mol. The van der Waals surface area contributed by atoms with E-state index in [9.17, 15) is 9.18 Å². The molecule has 2 N–H and O–H groups in total. The summed E-state index contributed by atoms with van der Waals surface area (Å²) in [6.07, 6.45) is 2.54. The summed E-state index contributed by atoms with van der Waals surface area (Å²) < 4.78 is 13.5. The highest BCUT2D eigenvalue weighted by Gasteiger charge is 2.17. The quantitative estimate of drug-likeness (QED) is 0.871. The van der Waals surface area contributed by atoms with Crippen molar-refractivity contribution < 1.29 is 9.18 Å². The van der Waals surface area contributed by atoms with E-state index in [0.29, 0.717) is 0 Å². The maximum atomic E-state index is 13.5. The molecule has 0 spiro atoms. The van der Waals surface area contributed by atoms with Gasteiger partial charge in [0, 0.05) is 7.05 Å². The number of carbonyl (C=O) groups is 1. The Morgan fingerprint density at radius 1 is 1.28 bits per heavy atom. The lowest BCUT2D eigenvalue weighted by atomic mass is 10.2. The molecule has 0 aliphatic heterocycles. The van der Waals surface area contributed by atoms with E-state index in [2.05, 4.69) is 9.97 Å². The lowest BCUT2D eigenvalue weighted by Crippen LogP contribution is -2.28. The van der Waals surface area contributed by atoms with Crippen molar-refractivity contribution in [2.45, 2.75) is 0 Å². The smallest absolute Gasteiger partial charge is 0.278 e. The minimum atomic E-state index is -0.475. The van der Waals surface area contributed by atoms with Gasteiger partial charge >= 0.3 is 0 Å². The van der Waals surface area contributed by atoms with Crippen LogP contribution in [0.1, 0.15) is 10.5 Å². The summed E-state index contributed by atoms with van der Waals surface area (Å²) in [6, 6.07) is 6.00. The van der Waals surface area contributed by atoms with Gasteiger partial charge < -0.3 is 10.6 Å². The number of benzene rings is 1. The molecule has 1 aromatic carbocycles. The maximum absolute atomic E-state index is 13.5. The molecule has 1 amide bonds. The van der Waals surface area contributed by atoms with E-state index in [-0.39, 0.29) is 17.2 Å². The van der Waals surface area contributed by atoms with Gasteiger partial charge in [-0.15, -0.1) is 0 Å². The van der Waals surface area contributed by atoms with Gasteiger partial charge in [0.25, 0.3) is 5.91 Å². The number of nitrogens with zero attached hydrogens (tertiary/aromatic N) is 3. The van der Waals surface area contributed by atoms with E-state index in [4.69, 9.17) is 5.73 Å². The Morgan fingerprint density at radius 3 is 2.61 bits per heavy atom. The third-order valence-electron chi connectivity index (χ3n) is 2.41. The number of nitrogen functional groups attached to an aromatic ring is 1. The first-order chi connectivity index (χ1) is 8.59. The van der Waals surface area contributed by atoms with Crippen molar-refractivity contribution in [3.05, 3.63) is 48.2 Å². The molecule has 6 heteroatoms. The van der Waals surface area contributed by atoms with Gasteiger partial charge in [-0.1, -0.05) is 12.1 Å². The van der Waals surface area contributed by atoms with Crippen molar-refractivity contribution in [2.24, 2.45) is 0 Å². The zero-order valence-electron chi connectivity index (χ0n) is 9.67. The molecular formula is C12H11FN4O. The predicted octanol–water partition coefficient (Wildman–Crippen LogP) is 1.47. The van der Waals surface area contributed by atoms with Crippen molar-refractivity contribution in [2.75, 3.05) is 17.7 Å². The molecule has 0 atom stereocenters. The van der Waals surface area contributed by atoms with Crippen LogP contribution in [0.2, 0.25) is 0 Å². The van der Waals surface area contributed by atoms with E-state index in [1.807, 2.05) is 0 Å². The predicted molar refractivity (Wildman–Crippen MR) is 65.6 cm³/mol. The number of halogens is 1. The molecule has 0 fully saturated rings. The summed E-state index contributed by atoms with van der Waals surface area (Å²) in [5, 5.41) is 0. The molecule has 0 unspecified atom stereocenters. The number of amides is 1. The van der Waals surface area contributed by atoms with E-state index in [0.717, 1.165) is 0 Å². The van der Waals surface area contributed by atoms with Crippen LogP contribution in [0.4, 0.5) is 15.9 Å². The summed E-state index contributed by atoms with van der Waals surface area (Å²) in [6.45, 7) is 0. The largest absolute Gasteiger partial charge is 0.382 e. The van der Waals surface area contributed by atoms with Crippen LogP contribution >= 0.6 is 0 Å². The SMILES string of the molecule is CN(C(=O)c1cnc(N)cn1)c1ccccc1F. The van der Waals surface area contributed by atoms with Crippen molar-refractivity contribution in [3.63, 3.8) is 0 Å². The van der Waals surface area contributed by atoms with Gasteiger partial charge in [0.2, 0.25) is 0 Å². The molecule has 0 aliphatic rings. The Morgan fingerprint density at radius 2 is 2.00 bits per heavy atom. The lowest BCUT2D eigenvalue weighted by Gasteiger charge is -2.17. The fraction of sp³-hybridized carbons (Fsp3) is 0.0833. The molecule has 0 radical (unpaired) electrons. The van der Waals surface area contributed by atoms with Gasteiger partial charge in [0.1, 0.15) is 17.3 Å². The van der Waals surface area contributed by atoms with Crippen LogP contribution in [0.5, 0.6) is 0 Å². The average Bonchev–Trinajstić information content (AvgIpc) is 2.38. The van der Waals surface area contributed by atoms with Crippen molar-refractivity contribution in [1.29, 1.82) is 0 Å². The number of nitrogens with two attached hydrogens (primary N) is 1. The van der Waals surface area contributed by atoms with Crippen LogP contribution in [0.15, 0.2) is 36.7 Å². The standard InChI is InChI=1S/C12H11FN4O/c1-17(10-5-3-2-4-8(10)13)12(18)9-6-16-11(14)7-15-9/h2-7H,1H3,(H2,14,16). The molecule has 1 aromatic heterocycles. The molecule has 0 saturated heterocycles. The van der Waals surface area contributed by atoms with Crippen LogP contribution in [0.25, 0.3) is 0 Å². The first-order valence-electron chi connectivity index (χ1n) is 5.19. The minimum absolute atomic E-state index is 0.106. The summed E-state index contributed by atoms with van der Waals surface area (Å²) in [5.41, 5.74) is 5.67. The molecule has 2 aromatic rings. The van der Waals surface area contributed by atoms with Crippen LogP contribution in [0, 0.1) is 5.82 Å². The highest BCUT2D eigenvalue weighted by atomic mass is 19.1. The summed E-state index contributed by atoms with van der Waals surface area (Å²) in [4.78, 5) is 20.8. The Kier molecular flexibility index (Phi) is 3.18. The molecule has 0 bridgehead atoms. The zero-order valence-corrected chi connectivity index (χ0v) is 9.67. The number of carbonyl (C=O) groups excluding carboxylic acids is 1. The van der Waals surface area contributed by atoms with E-state index >= 15 is 0 Å². The van der Waals surface area contributed by atoms with Crippen molar-refractivity contribution in [1.82, 2.24) is 9.97 Å². The Hall–Kier alpha value is -2.50. The second kappa shape index (κ2) is 4.79. The molecule has 18 heavy (non-hydrogen) atoms. The molecule has 0 saturated carbocycles. The molecule has 1 heterocycles. The number of para-hydroxylation sites is 1. The molecule has 0 aliphatic carbocycles. The van der Waals surface area contributed by atoms with Gasteiger partial charge in [-0.25, -0.2) is 14.4 Å². The Labute approximate surface area is 103 Å². The highest BCUT2D eigenvalue weighted by molar-refractivity contribution is 6.04. The molecule has 5 nitrogen and oxygen atoms in total. The van der Waals surface area contributed by atoms with Crippen LogP contribution in [-0.2, 0) is 0 Å². The van der Waals surface area contributed by atoms with Gasteiger partial charge in [-0.3, -0.25) is 4.79 Å². The Bertz CT molecular complexity index is 571. The van der Waals surface area contributed by atoms with Gasteiger partial charge in [-0.2, -0.15) is 0 Å². The van der Waals surface area contributed by atoms with Gasteiger partial charge in [0.05, 0.1) is 18.1 Å². The molecule has 92 valence electrons. The molecular weight excluding hydrogens is 235 g/mol. The molecule has 2 rings (SSSR count). The third-order valence-corrected chi connectivity index (χ3v) is 2.41. The summed E-state index contributed by atoms with van der Waals surface area (Å²) in [5.74, 6) is -0.704. The topological polar surface area (TPSA) is 72.1 Å². The van der Waals surface area contributed by atoms with Crippen LogP contribution < -0.4 is 10.6 Å². The van der Waals surface area contributed by atoms with E-state index in [1.54, 1.807) is 12.1 Å². The number of hydrogen-bond acceptors (Lipinski definition) is 4. The number of aromatic nitrogens is 2.